The van der Waals surface area contributed by atoms with Crippen LogP contribution in [0.4, 0.5) is 5.95 Å². The summed E-state index contributed by atoms with van der Waals surface area (Å²) in [6.45, 7) is 2.15. The zero-order chi connectivity index (χ0) is 27.6. The fraction of sp³-hybridized carbons (Fsp3) is 0.379. The van der Waals surface area contributed by atoms with Gasteiger partial charge in [-0.2, -0.15) is 0 Å². The minimum atomic E-state index is -0.223. The van der Waals surface area contributed by atoms with E-state index in [0.29, 0.717) is 50.5 Å². The van der Waals surface area contributed by atoms with Crippen LogP contribution >= 0.6 is 23.2 Å². The van der Waals surface area contributed by atoms with Gasteiger partial charge in [-0.05, 0) is 81.0 Å². The van der Waals surface area contributed by atoms with Crippen molar-refractivity contribution in [1.82, 2.24) is 19.8 Å². The van der Waals surface area contributed by atoms with Gasteiger partial charge in [-0.1, -0.05) is 23.2 Å². The number of nitrogens with zero attached hydrogens (tertiary/aromatic N) is 4. The SMILES string of the molecule is CNC(=O)c1ccc(-n2c(N(C)C34CC(C3)C4)nc3c(c2=O)C[C@@H](C)N(C(=O)c2ccc(Cl)c(Cl)c2)C3)cc1. The van der Waals surface area contributed by atoms with E-state index in [-0.39, 0.29) is 35.5 Å². The Bertz CT molecular complexity index is 1550. The quantitative estimate of drug-likeness (QED) is 0.493. The smallest absolute Gasteiger partial charge is 0.263 e. The van der Waals surface area contributed by atoms with E-state index in [9.17, 15) is 14.4 Å². The van der Waals surface area contributed by atoms with Gasteiger partial charge in [0.1, 0.15) is 0 Å². The molecule has 1 aliphatic heterocycles. The van der Waals surface area contributed by atoms with Crippen LogP contribution in [0, 0.1) is 5.92 Å². The lowest BCUT2D eigenvalue weighted by atomic mass is 9.49. The van der Waals surface area contributed by atoms with Gasteiger partial charge >= 0.3 is 0 Å². The molecule has 2 aromatic carbocycles. The highest BCUT2D eigenvalue weighted by molar-refractivity contribution is 6.42. The van der Waals surface area contributed by atoms with Crippen LogP contribution in [0.2, 0.25) is 10.0 Å². The number of anilines is 1. The maximum atomic E-state index is 14.1. The third kappa shape index (κ3) is 4.12. The van der Waals surface area contributed by atoms with Gasteiger partial charge in [0.05, 0.1) is 28.0 Å². The molecule has 2 heterocycles. The number of aromatic nitrogens is 2. The average Bonchev–Trinajstić information content (AvgIpc) is 2.87. The molecule has 2 amide bonds. The molecule has 0 saturated heterocycles. The number of fused-ring (bicyclic) bond motifs is 1. The van der Waals surface area contributed by atoms with Crippen LogP contribution in [-0.2, 0) is 13.0 Å². The summed E-state index contributed by atoms with van der Waals surface area (Å²) in [6, 6.07) is 11.6. The van der Waals surface area contributed by atoms with E-state index in [4.69, 9.17) is 28.2 Å². The van der Waals surface area contributed by atoms with Gasteiger partial charge in [-0.25, -0.2) is 9.55 Å². The topological polar surface area (TPSA) is 87.5 Å². The van der Waals surface area contributed by atoms with Crippen molar-refractivity contribution < 1.29 is 9.59 Å². The van der Waals surface area contributed by atoms with Crippen LogP contribution < -0.4 is 15.8 Å². The molecule has 4 aliphatic rings. The molecule has 3 fully saturated rings. The second kappa shape index (κ2) is 9.38. The third-order valence-electron chi connectivity index (χ3n) is 8.66. The van der Waals surface area contributed by atoms with Gasteiger partial charge < -0.3 is 15.1 Å². The van der Waals surface area contributed by atoms with E-state index in [0.717, 1.165) is 25.2 Å². The number of carbonyl (C=O) groups excluding carboxylic acids is 2. The monoisotopic (exact) mass is 565 g/mol. The highest BCUT2D eigenvalue weighted by Crippen LogP contribution is 2.60. The molecule has 202 valence electrons. The van der Waals surface area contributed by atoms with Crippen molar-refractivity contribution in [3.8, 4) is 5.69 Å². The first-order valence-corrected chi connectivity index (χ1v) is 13.8. The van der Waals surface area contributed by atoms with Gasteiger partial charge in [0.15, 0.2) is 0 Å². The van der Waals surface area contributed by atoms with Crippen molar-refractivity contribution in [2.45, 2.75) is 50.7 Å². The van der Waals surface area contributed by atoms with Crippen LogP contribution in [0.25, 0.3) is 5.69 Å². The third-order valence-corrected chi connectivity index (χ3v) is 9.39. The van der Waals surface area contributed by atoms with Crippen molar-refractivity contribution in [2.75, 3.05) is 19.0 Å². The lowest BCUT2D eigenvalue weighted by Gasteiger charge is -2.65. The molecule has 0 radical (unpaired) electrons. The second-order valence-corrected chi connectivity index (χ2v) is 11.8. The molecular formula is C29H29Cl2N5O3. The summed E-state index contributed by atoms with van der Waals surface area (Å²) in [5.74, 6) is 0.930. The average molecular weight is 566 g/mol. The normalized spacial score (nSPS) is 22.8. The van der Waals surface area contributed by atoms with E-state index >= 15 is 0 Å². The summed E-state index contributed by atoms with van der Waals surface area (Å²) >= 11 is 12.2. The number of carbonyl (C=O) groups is 2. The number of benzene rings is 2. The van der Waals surface area contributed by atoms with Crippen LogP contribution in [0.3, 0.4) is 0 Å². The fourth-order valence-corrected chi connectivity index (χ4v) is 6.43. The highest BCUT2D eigenvalue weighted by Gasteiger charge is 2.60. The number of hydrogen-bond donors (Lipinski definition) is 1. The molecule has 10 heteroatoms. The molecule has 8 nitrogen and oxygen atoms in total. The summed E-state index contributed by atoms with van der Waals surface area (Å²) in [4.78, 5) is 48.6. The lowest BCUT2D eigenvalue weighted by Crippen LogP contribution is -2.68. The first-order valence-electron chi connectivity index (χ1n) is 13.1. The minimum Gasteiger partial charge on any atom is -0.355 e. The van der Waals surface area contributed by atoms with Gasteiger partial charge in [0.2, 0.25) is 5.95 Å². The summed E-state index contributed by atoms with van der Waals surface area (Å²) < 4.78 is 1.66. The Morgan fingerprint density at radius 3 is 2.31 bits per heavy atom. The van der Waals surface area contributed by atoms with Crippen molar-refractivity contribution in [3.05, 3.63) is 85.2 Å². The number of rotatable bonds is 5. The predicted octanol–water partition coefficient (Wildman–Crippen LogP) is 4.47. The van der Waals surface area contributed by atoms with Crippen LogP contribution in [0.1, 0.15) is 58.2 Å². The van der Waals surface area contributed by atoms with Crippen molar-refractivity contribution in [1.29, 1.82) is 0 Å². The van der Waals surface area contributed by atoms with E-state index in [1.165, 1.54) is 0 Å². The van der Waals surface area contributed by atoms with Gasteiger partial charge in [0.25, 0.3) is 17.4 Å². The predicted molar refractivity (Wildman–Crippen MR) is 151 cm³/mol. The molecule has 3 aromatic rings. The van der Waals surface area contributed by atoms with E-state index in [1.807, 2.05) is 14.0 Å². The molecule has 1 atom stereocenters. The number of nitrogens with one attached hydrogen (secondary N) is 1. The van der Waals surface area contributed by atoms with Gasteiger partial charge in [0, 0.05) is 42.4 Å². The fourth-order valence-electron chi connectivity index (χ4n) is 6.13. The molecule has 7 rings (SSSR count). The number of halogens is 2. The van der Waals surface area contributed by atoms with E-state index in [2.05, 4.69) is 10.2 Å². The Morgan fingerprint density at radius 2 is 1.72 bits per heavy atom. The molecule has 0 spiro atoms. The van der Waals surface area contributed by atoms with Gasteiger partial charge in [-0.3, -0.25) is 14.4 Å². The van der Waals surface area contributed by atoms with Crippen LogP contribution in [0.15, 0.2) is 47.3 Å². The van der Waals surface area contributed by atoms with Crippen LogP contribution in [0.5, 0.6) is 0 Å². The summed E-state index contributed by atoms with van der Waals surface area (Å²) in [7, 11) is 3.59. The van der Waals surface area contributed by atoms with E-state index in [1.54, 1.807) is 59.0 Å². The molecule has 39 heavy (non-hydrogen) atoms. The van der Waals surface area contributed by atoms with Crippen molar-refractivity contribution >= 4 is 41.0 Å². The van der Waals surface area contributed by atoms with Crippen LogP contribution in [-0.4, -0.2) is 51.9 Å². The molecular weight excluding hydrogens is 537 g/mol. The molecule has 0 unspecified atom stereocenters. The Balaban J connectivity index is 1.42. The standard InChI is InChI=1S/C29H29Cl2N5O3/c1-16-10-21-24(15-35(16)26(38)19-6-9-22(30)23(31)11-19)33-28(34(3)29-12-17(13-29)14-29)36(27(21)39)20-7-4-18(5-8-20)25(37)32-2/h4-9,11,16-17H,10,12-15H2,1-3H3,(H,32,37)/t16-,17?,29?/m1/s1. The maximum absolute atomic E-state index is 14.1. The van der Waals surface area contributed by atoms with Crippen molar-refractivity contribution in [2.24, 2.45) is 5.92 Å². The Hall–Kier alpha value is -3.36. The van der Waals surface area contributed by atoms with Crippen molar-refractivity contribution in [3.63, 3.8) is 0 Å². The maximum Gasteiger partial charge on any atom is 0.263 e. The number of hydrogen-bond acceptors (Lipinski definition) is 5. The zero-order valence-corrected chi connectivity index (χ0v) is 23.5. The highest BCUT2D eigenvalue weighted by atomic mass is 35.5. The molecule has 2 bridgehead atoms. The molecule has 3 saturated carbocycles. The summed E-state index contributed by atoms with van der Waals surface area (Å²) in [6.07, 6.45) is 3.64. The lowest BCUT2D eigenvalue weighted by molar-refractivity contribution is -0.0223. The largest absolute Gasteiger partial charge is 0.355 e. The Labute approximate surface area is 236 Å². The Kier molecular flexibility index (Phi) is 6.23. The summed E-state index contributed by atoms with van der Waals surface area (Å²) in [5, 5.41) is 3.33. The molecule has 1 aromatic heterocycles. The summed E-state index contributed by atoms with van der Waals surface area (Å²) in [5.41, 5.74) is 2.69. The Morgan fingerprint density at radius 1 is 1.05 bits per heavy atom. The molecule has 3 aliphatic carbocycles. The van der Waals surface area contributed by atoms with Gasteiger partial charge in [-0.15, -0.1) is 0 Å². The first kappa shape index (κ1) is 25.9. The minimum absolute atomic E-state index is 0.0135. The number of amides is 2. The first-order chi connectivity index (χ1) is 18.6. The zero-order valence-electron chi connectivity index (χ0n) is 22.0. The molecule has 1 N–H and O–H groups in total. The van der Waals surface area contributed by atoms with E-state index < -0.39 is 0 Å². The second-order valence-electron chi connectivity index (χ2n) is 11.0.